The Bertz CT molecular complexity index is 1340. The van der Waals surface area contributed by atoms with Crippen LogP contribution in [-0.4, -0.2) is 75.4 Å². The molecule has 2 saturated carbocycles. The van der Waals surface area contributed by atoms with E-state index in [1.807, 2.05) is 13.8 Å². The molecule has 4 bridgehead atoms. The number of hydrogen-bond acceptors (Lipinski definition) is 11. The van der Waals surface area contributed by atoms with Crippen molar-refractivity contribution in [2.75, 3.05) is 11.9 Å². The highest BCUT2D eigenvalue weighted by molar-refractivity contribution is 7.84. The molecule has 0 aromatic heterocycles. The van der Waals surface area contributed by atoms with E-state index in [-0.39, 0.29) is 23.7 Å². The molecule has 8 saturated heterocycles. The lowest BCUT2D eigenvalue weighted by atomic mass is 9.57. The summed E-state index contributed by atoms with van der Waals surface area (Å²) in [5, 5.41) is 0. The average Bonchev–Trinajstić information content (AvgIpc) is 3.43. The zero-order valence-corrected chi connectivity index (χ0v) is 30.8. The molecule has 10 rings (SSSR count). The molecule has 298 valence electrons. The predicted molar refractivity (Wildman–Crippen MR) is 164 cm³/mol. The van der Waals surface area contributed by atoms with E-state index in [2.05, 4.69) is 0 Å². The minimum atomic E-state index is -5.17. The molecular formula is C34H48F6O11S. The van der Waals surface area contributed by atoms with Gasteiger partial charge in [-0.3, -0.25) is 4.21 Å². The van der Waals surface area contributed by atoms with Crippen LogP contribution in [0.15, 0.2) is 0 Å². The predicted octanol–water partition coefficient (Wildman–Crippen LogP) is 6.96. The van der Waals surface area contributed by atoms with Gasteiger partial charge >= 0.3 is 12.4 Å². The fourth-order valence-electron chi connectivity index (χ4n) is 11.3. The van der Waals surface area contributed by atoms with E-state index >= 15 is 26.3 Å². The normalized spacial score (nSPS) is 54.8. The highest BCUT2D eigenvalue weighted by atomic mass is 32.2. The molecule has 16 atom stereocenters. The molecule has 8 aliphatic heterocycles. The van der Waals surface area contributed by atoms with E-state index in [0.29, 0.717) is 51.4 Å². The van der Waals surface area contributed by atoms with Gasteiger partial charge in [0.1, 0.15) is 11.9 Å². The van der Waals surface area contributed by atoms with E-state index in [4.69, 9.17) is 48.0 Å². The minimum absolute atomic E-state index is 0.0785. The summed E-state index contributed by atoms with van der Waals surface area (Å²) in [5.41, 5.74) is -2.70. The molecule has 11 nitrogen and oxygen atoms in total. The Balaban J connectivity index is 1.05. The second-order valence-corrected chi connectivity index (χ2v) is 18.3. The number of alkyl halides is 6. The molecule has 0 aromatic rings. The van der Waals surface area contributed by atoms with Crippen molar-refractivity contribution in [3.8, 4) is 0 Å². The molecule has 18 heteroatoms. The third-order valence-electron chi connectivity index (χ3n) is 14.1. The van der Waals surface area contributed by atoms with Gasteiger partial charge < -0.3 is 28.4 Å². The van der Waals surface area contributed by atoms with Gasteiger partial charge in [0, 0.05) is 36.5 Å². The van der Waals surface area contributed by atoms with Crippen LogP contribution in [0, 0.1) is 47.3 Å². The molecular weight excluding hydrogens is 730 g/mol. The second kappa shape index (κ2) is 12.2. The summed E-state index contributed by atoms with van der Waals surface area (Å²) >= 11 is 0. The third-order valence-corrected chi connectivity index (χ3v) is 14.9. The van der Waals surface area contributed by atoms with Crippen LogP contribution >= 0.6 is 0 Å². The van der Waals surface area contributed by atoms with Gasteiger partial charge in [-0.2, -0.15) is 26.3 Å². The molecule has 8 heterocycles. The lowest BCUT2D eigenvalue weighted by molar-refractivity contribution is -0.598. The van der Waals surface area contributed by atoms with Crippen molar-refractivity contribution >= 4 is 10.8 Å². The summed E-state index contributed by atoms with van der Waals surface area (Å²) in [6.45, 7) is 9.80. The molecule has 10 fully saturated rings. The van der Waals surface area contributed by atoms with Crippen LogP contribution in [-0.2, 0) is 58.8 Å². The van der Waals surface area contributed by atoms with Crippen molar-refractivity contribution in [1.29, 1.82) is 0 Å². The van der Waals surface area contributed by atoms with Crippen molar-refractivity contribution in [1.82, 2.24) is 0 Å². The summed E-state index contributed by atoms with van der Waals surface area (Å²) in [6.07, 6.45) is -9.68. The van der Waals surface area contributed by atoms with Crippen LogP contribution in [0.4, 0.5) is 26.3 Å². The SMILES string of the molecule is C[C@@H]1CC[C@H]2[C@@H](C)[C@](OCS(=O)CO[C@@]3(C(F)(F)F)O[C@@H]4O[C@@]5(C)CC[C@H]6[C@H](C)CC[C@@H]([C@H]3C)[C@@]46OO5)(C(F)(F)F)O[C@@H]3O[C@@]4(C)CC[C@@H]1[C@]32OO4. The van der Waals surface area contributed by atoms with Gasteiger partial charge in [0.2, 0.25) is 11.6 Å². The second-order valence-electron chi connectivity index (χ2n) is 16.9. The van der Waals surface area contributed by atoms with Gasteiger partial charge in [0.05, 0.1) is 10.8 Å². The highest BCUT2D eigenvalue weighted by Gasteiger charge is 2.79. The number of rotatable bonds is 6. The molecule has 0 aromatic carbocycles. The van der Waals surface area contributed by atoms with Gasteiger partial charge in [-0.05, 0) is 76.0 Å². The summed E-state index contributed by atoms with van der Waals surface area (Å²) in [7, 11) is -2.55. The average molecular weight is 779 g/mol. The Morgan fingerprint density at radius 2 is 0.962 bits per heavy atom. The van der Waals surface area contributed by atoms with Gasteiger partial charge in [-0.1, -0.05) is 27.7 Å². The molecule has 2 aliphatic carbocycles. The van der Waals surface area contributed by atoms with Crippen LogP contribution in [0.1, 0.15) is 92.9 Å². The van der Waals surface area contributed by atoms with Crippen molar-refractivity contribution in [2.45, 2.75) is 152 Å². The maximum absolute atomic E-state index is 15.3. The smallest absolute Gasteiger partial charge is 0.329 e. The van der Waals surface area contributed by atoms with Crippen LogP contribution in [0.3, 0.4) is 0 Å². The first kappa shape index (κ1) is 38.2. The summed E-state index contributed by atoms with van der Waals surface area (Å²) in [6, 6.07) is 0. The number of halogens is 6. The van der Waals surface area contributed by atoms with E-state index < -0.39 is 106 Å². The molecule has 2 spiro atoms. The summed E-state index contributed by atoms with van der Waals surface area (Å²) in [5.74, 6) is -16.4. The third kappa shape index (κ3) is 5.17. The fraction of sp³-hybridized carbons (Fsp3) is 1.00. The largest absolute Gasteiger partial charge is 0.443 e. The first-order valence-corrected chi connectivity index (χ1v) is 19.9. The zero-order valence-electron chi connectivity index (χ0n) is 30.0. The van der Waals surface area contributed by atoms with Crippen molar-refractivity contribution in [3.63, 3.8) is 0 Å². The van der Waals surface area contributed by atoms with Gasteiger partial charge in [0.15, 0.2) is 23.8 Å². The maximum atomic E-state index is 15.3. The number of fused-ring (bicyclic) bond motifs is 4. The van der Waals surface area contributed by atoms with Crippen molar-refractivity contribution in [3.05, 3.63) is 0 Å². The Labute approximate surface area is 300 Å². The Morgan fingerprint density at radius 1 is 0.577 bits per heavy atom. The van der Waals surface area contributed by atoms with Crippen LogP contribution in [0.5, 0.6) is 0 Å². The summed E-state index contributed by atoms with van der Waals surface area (Å²) < 4.78 is 140. The lowest BCUT2D eigenvalue weighted by Gasteiger charge is -2.63. The van der Waals surface area contributed by atoms with Gasteiger partial charge in [0.25, 0.3) is 11.6 Å². The monoisotopic (exact) mass is 778 g/mol. The summed E-state index contributed by atoms with van der Waals surface area (Å²) in [4.78, 5) is 23.3. The first-order chi connectivity index (χ1) is 24.2. The lowest BCUT2D eigenvalue weighted by Crippen LogP contribution is -2.76. The first-order valence-electron chi connectivity index (χ1n) is 18.4. The number of hydrogen-bond donors (Lipinski definition) is 0. The highest BCUT2D eigenvalue weighted by Crippen LogP contribution is 2.66. The van der Waals surface area contributed by atoms with E-state index in [9.17, 15) is 4.21 Å². The minimum Gasteiger partial charge on any atom is -0.329 e. The molecule has 0 unspecified atom stereocenters. The van der Waals surface area contributed by atoms with Crippen LogP contribution in [0.2, 0.25) is 0 Å². The molecule has 0 N–H and O–H groups in total. The van der Waals surface area contributed by atoms with Gasteiger partial charge in [-0.15, -0.1) is 0 Å². The Kier molecular flexibility index (Phi) is 8.94. The quantitative estimate of drug-likeness (QED) is 0.206. The molecule has 10 aliphatic rings. The number of ether oxygens (including phenoxy) is 6. The van der Waals surface area contributed by atoms with Crippen molar-refractivity contribution in [2.24, 2.45) is 47.3 Å². The fourth-order valence-corrected chi connectivity index (χ4v) is 12.0. The van der Waals surface area contributed by atoms with E-state index in [1.165, 1.54) is 13.8 Å². The Hall–Kier alpha value is -0.670. The van der Waals surface area contributed by atoms with E-state index in [0.717, 1.165) is 0 Å². The van der Waals surface area contributed by atoms with Gasteiger partial charge in [-0.25, -0.2) is 19.6 Å². The molecule has 0 radical (unpaired) electrons. The molecule has 0 amide bonds. The standard InChI is InChI=1S/C34H48F6O11S/c1-17-7-9-23-19(3)31(33(35,36)37,46-25-29(23)21(17)11-13-27(5,44-25)48-50-29)42-15-52(41)16-43-32(34(38,39)40)20(4)24-10-8-18(2)22-12-14-28(6)45-26(47-32)30(22,24)51-49-28/h17-26H,7-16H2,1-6H3/t17-,18-,19-,20-,21+,22+,23+,24+,25+,26+,27-,28-,29-,30-,31-,32-/m1/s1. The zero-order chi connectivity index (χ0) is 37.5. The van der Waals surface area contributed by atoms with Crippen molar-refractivity contribution < 1.29 is 78.5 Å². The maximum Gasteiger partial charge on any atom is 0.443 e. The van der Waals surface area contributed by atoms with E-state index in [1.54, 1.807) is 13.8 Å². The molecule has 52 heavy (non-hydrogen) atoms. The Morgan fingerprint density at radius 3 is 1.33 bits per heavy atom. The van der Waals surface area contributed by atoms with Crippen LogP contribution < -0.4 is 0 Å². The van der Waals surface area contributed by atoms with Crippen LogP contribution in [0.25, 0.3) is 0 Å². The topological polar surface area (TPSA) is 109 Å².